The third kappa shape index (κ3) is 2.41. The largest absolute Gasteiger partial charge is 0.480 e. The average Bonchev–Trinajstić information content (AvgIpc) is 3.06. The van der Waals surface area contributed by atoms with Crippen LogP contribution in [-0.4, -0.2) is 49.5 Å². The first-order chi connectivity index (χ1) is 9.37. The van der Waals surface area contributed by atoms with Crippen LogP contribution in [-0.2, 0) is 19.6 Å². The van der Waals surface area contributed by atoms with Crippen LogP contribution in [0.2, 0.25) is 0 Å². The van der Waals surface area contributed by atoms with Gasteiger partial charge >= 0.3 is 11.9 Å². The highest BCUT2D eigenvalue weighted by molar-refractivity contribution is 7.89. The second-order valence-corrected chi connectivity index (χ2v) is 6.04. The maximum atomic E-state index is 12.3. The number of carbonyl (C=O) groups is 2. The number of esters is 1. The van der Waals surface area contributed by atoms with Crippen molar-refractivity contribution in [1.29, 1.82) is 0 Å². The molecule has 0 amide bonds. The minimum absolute atomic E-state index is 0.105. The maximum absolute atomic E-state index is 12.3. The minimum Gasteiger partial charge on any atom is -0.480 e. The second-order valence-electron chi connectivity index (χ2n) is 4.22. The Bertz CT molecular complexity index is 633. The molecule has 1 aliphatic rings. The molecule has 9 heteroatoms. The lowest BCUT2D eigenvalue weighted by molar-refractivity contribution is -0.140. The lowest BCUT2D eigenvalue weighted by atomic mass is 10.2. The van der Waals surface area contributed by atoms with Crippen LogP contribution in [0.1, 0.15) is 23.4 Å². The lowest BCUT2D eigenvalue weighted by Gasteiger charge is -2.19. The number of furan rings is 1. The third-order valence-corrected chi connectivity index (χ3v) is 4.80. The molecule has 0 saturated carbocycles. The van der Waals surface area contributed by atoms with Gasteiger partial charge in [0.05, 0.1) is 7.11 Å². The summed E-state index contributed by atoms with van der Waals surface area (Å²) in [7, 11) is -2.94. The minimum atomic E-state index is -4.08. The van der Waals surface area contributed by atoms with Gasteiger partial charge in [0.15, 0.2) is 0 Å². The number of sulfonamides is 1. The van der Waals surface area contributed by atoms with Crippen molar-refractivity contribution < 1.29 is 32.3 Å². The van der Waals surface area contributed by atoms with Gasteiger partial charge in [-0.2, -0.15) is 4.31 Å². The summed E-state index contributed by atoms with van der Waals surface area (Å²) in [4.78, 5) is 22.3. The van der Waals surface area contributed by atoms with E-state index in [2.05, 4.69) is 4.74 Å². The number of carboxylic acid groups (broad SMARTS) is 1. The molecule has 2 heterocycles. The van der Waals surface area contributed by atoms with Crippen molar-refractivity contribution in [3.8, 4) is 0 Å². The van der Waals surface area contributed by atoms with Gasteiger partial charge in [-0.25, -0.2) is 13.2 Å². The Balaban J connectivity index is 2.33. The Morgan fingerprint density at radius 3 is 2.75 bits per heavy atom. The number of hydrogen-bond acceptors (Lipinski definition) is 6. The highest BCUT2D eigenvalue weighted by atomic mass is 32.2. The van der Waals surface area contributed by atoms with Crippen LogP contribution < -0.4 is 0 Å². The van der Waals surface area contributed by atoms with E-state index in [0.29, 0.717) is 6.42 Å². The predicted molar refractivity (Wildman–Crippen MR) is 64.6 cm³/mol. The van der Waals surface area contributed by atoms with Crippen molar-refractivity contribution in [3.05, 3.63) is 17.9 Å². The van der Waals surface area contributed by atoms with Gasteiger partial charge in [-0.1, -0.05) is 0 Å². The van der Waals surface area contributed by atoms with Gasteiger partial charge in [0.1, 0.15) is 6.04 Å². The summed E-state index contributed by atoms with van der Waals surface area (Å²) in [6.07, 6.45) is 0.708. The summed E-state index contributed by atoms with van der Waals surface area (Å²) >= 11 is 0. The molecule has 1 aromatic heterocycles. The van der Waals surface area contributed by atoms with Crippen molar-refractivity contribution in [3.63, 3.8) is 0 Å². The van der Waals surface area contributed by atoms with Crippen LogP contribution in [0.3, 0.4) is 0 Å². The van der Waals surface area contributed by atoms with Gasteiger partial charge in [-0.3, -0.25) is 4.79 Å². The first kappa shape index (κ1) is 14.5. The molecule has 2 rings (SSSR count). The van der Waals surface area contributed by atoms with E-state index in [1.54, 1.807) is 0 Å². The predicted octanol–water partition coefficient (Wildman–Crippen LogP) is 0.304. The van der Waals surface area contributed by atoms with Gasteiger partial charge in [-0.05, 0) is 25.0 Å². The topological polar surface area (TPSA) is 114 Å². The molecule has 0 aliphatic carbocycles. The molecule has 1 saturated heterocycles. The number of ether oxygens (including phenoxy) is 1. The first-order valence-corrected chi connectivity index (χ1v) is 7.24. The van der Waals surface area contributed by atoms with Crippen LogP contribution >= 0.6 is 0 Å². The molecule has 1 atom stereocenters. The fourth-order valence-corrected chi connectivity index (χ4v) is 3.63. The quantitative estimate of drug-likeness (QED) is 0.796. The number of methoxy groups -OCH3 is 1. The SMILES string of the molecule is COC(=O)c1ccc(S(=O)(=O)N2CCCC2C(=O)O)o1. The normalized spacial score (nSPS) is 19.9. The molecule has 1 unspecified atom stereocenters. The van der Waals surface area contributed by atoms with E-state index >= 15 is 0 Å². The van der Waals surface area contributed by atoms with Gasteiger partial charge in [-0.15, -0.1) is 0 Å². The Kier molecular flexibility index (Phi) is 3.82. The van der Waals surface area contributed by atoms with E-state index in [1.165, 1.54) is 6.07 Å². The highest BCUT2D eigenvalue weighted by Gasteiger charge is 2.41. The van der Waals surface area contributed by atoms with Crippen molar-refractivity contribution in [2.24, 2.45) is 0 Å². The Labute approximate surface area is 115 Å². The molecule has 8 nitrogen and oxygen atoms in total. The monoisotopic (exact) mass is 303 g/mol. The number of rotatable bonds is 4. The highest BCUT2D eigenvalue weighted by Crippen LogP contribution is 2.27. The zero-order chi connectivity index (χ0) is 14.9. The van der Waals surface area contributed by atoms with E-state index < -0.39 is 33.1 Å². The van der Waals surface area contributed by atoms with Crippen LogP contribution in [0.15, 0.2) is 21.6 Å². The van der Waals surface area contributed by atoms with E-state index in [4.69, 9.17) is 9.52 Å². The zero-order valence-corrected chi connectivity index (χ0v) is 11.4. The van der Waals surface area contributed by atoms with Gasteiger partial charge in [0.25, 0.3) is 10.0 Å². The molecule has 1 N–H and O–H groups in total. The van der Waals surface area contributed by atoms with Crippen molar-refractivity contribution in [2.75, 3.05) is 13.7 Å². The van der Waals surface area contributed by atoms with E-state index in [1.807, 2.05) is 0 Å². The summed E-state index contributed by atoms with van der Waals surface area (Å²) in [5.41, 5.74) is 0. The summed E-state index contributed by atoms with van der Waals surface area (Å²) < 4.78 is 34.8. The van der Waals surface area contributed by atoms with Crippen LogP contribution in [0, 0.1) is 0 Å². The summed E-state index contributed by atoms with van der Waals surface area (Å²) in [5, 5.41) is 8.55. The average molecular weight is 303 g/mol. The molecular weight excluding hydrogens is 290 g/mol. The molecule has 0 radical (unpaired) electrons. The Morgan fingerprint density at radius 1 is 1.45 bits per heavy atom. The fourth-order valence-electron chi connectivity index (χ4n) is 2.06. The molecule has 1 aromatic rings. The molecule has 0 spiro atoms. The van der Waals surface area contributed by atoms with E-state index in [-0.39, 0.29) is 18.7 Å². The second kappa shape index (κ2) is 5.25. The van der Waals surface area contributed by atoms with Crippen molar-refractivity contribution in [1.82, 2.24) is 4.31 Å². The summed E-state index contributed by atoms with van der Waals surface area (Å²) in [6.45, 7) is 0.105. The molecule has 1 aliphatic heterocycles. The molecule has 1 fully saturated rings. The molecular formula is C11H13NO7S. The lowest BCUT2D eigenvalue weighted by Crippen LogP contribution is -2.40. The maximum Gasteiger partial charge on any atom is 0.374 e. The molecule has 0 bridgehead atoms. The molecule has 110 valence electrons. The van der Waals surface area contributed by atoms with Crippen molar-refractivity contribution >= 4 is 22.0 Å². The fraction of sp³-hybridized carbons (Fsp3) is 0.455. The Hall–Kier alpha value is -1.87. The smallest absolute Gasteiger partial charge is 0.374 e. The van der Waals surface area contributed by atoms with E-state index in [0.717, 1.165) is 17.5 Å². The number of aliphatic carboxylic acids is 1. The van der Waals surface area contributed by atoms with Gasteiger partial charge < -0.3 is 14.3 Å². The summed E-state index contributed by atoms with van der Waals surface area (Å²) in [6, 6.07) is 1.18. The van der Waals surface area contributed by atoms with Crippen LogP contribution in [0.4, 0.5) is 0 Å². The van der Waals surface area contributed by atoms with Gasteiger partial charge in [0, 0.05) is 6.54 Å². The van der Waals surface area contributed by atoms with Crippen molar-refractivity contribution in [2.45, 2.75) is 24.0 Å². The number of hydrogen-bond donors (Lipinski definition) is 1. The van der Waals surface area contributed by atoms with Crippen LogP contribution in [0.5, 0.6) is 0 Å². The Morgan fingerprint density at radius 2 is 2.15 bits per heavy atom. The standard InChI is InChI=1S/C11H13NO7S/c1-18-11(15)8-4-5-9(19-8)20(16,17)12-6-2-3-7(12)10(13)14/h4-5,7H,2-3,6H2,1H3,(H,13,14). The zero-order valence-electron chi connectivity index (χ0n) is 10.6. The number of carbonyl (C=O) groups excluding carboxylic acids is 1. The number of carboxylic acids is 1. The van der Waals surface area contributed by atoms with Crippen LogP contribution in [0.25, 0.3) is 0 Å². The third-order valence-electron chi connectivity index (χ3n) is 3.02. The number of nitrogens with zero attached hydrogens (tertiary/aromatic N) is 1. The summed E-state index contributed by atoms with van der Waals surface area (Å²) in [5.74, 6) is -2.26. The first-order valence-electron chi connectivity index (χ1n) is 5.80. The van der Waals surface area contributed by atoms with Gasteiger partial charge in [0.2, 0.25) is 10.9 Å². The van der Waals surface area contributed by atoms with E-state index in [9.17, 15) is 18.0 Å². The molecule has 0 aromatic carbocycles. The molecule has 20 heavy (non-hydrogen) atoms.